The van der Waals surface area contributed by atoms with Crippen molar-refractivity contribution >= 4 is 21.4 Å². The predicted octanol–water partition coefficient (Wildman–Crippen LogP) is 1.87. The molecule has 5 nitrogen and oxygen atoms in total. The molecule has 0 aliphatic rings. The van der Waals surface area contributed by atoms with Crippen LogP contribution in [0.3, 0.4) is 0 Å². The Hall–Kier alpha value is -0.470. The van der Waals surface area contributed by atoms with Crippen molar-refractivity contribution in [1.29, 1.82) is 0 Å². The fourth-order valence-corrected chi connectivity index (χ4v) is 4.55. The van der Waals surface area contributed by atoms with Gasteiger partial charge in [-0.25, -0.2) is 13.1 Å². The monoisotopic (exact) mass is 333 g/mol. The third kappa shape index (κ3) is 6.04. The maximum absolute atomic E-state index is 12.3. The largest absolute Gasteiger partial charge is 0.313 e. The highest BCUT2D eigenvalue weighted by Gasteiger charge is 2.20. The van der Waals surface area contributed by atoms with Crippen molar-refractivity contribution in [3.63, 3.8) is 0 Å². The van der Waals surface area contributed by atoms with Gasteiger partial charge in [-0.3, -0.25) is 0 Å². The van der Waals surface area contributed by atoms with Gasteiger partial charge in [0, 0.05) is 19.1 Å². The first-order valence-corrected chi connectivity index (χ1v) is 9.82. The molecule has 0 aliphatic heterocycles. The van der Waals surface area contributed by atoms with E-state index in [4.69, 9.17) is 0 Å². The minimum Gasteiger partial charge on any atom is -0.313 e. The molecule has 0 spiro atoms. The van der Waals surface area contributed by atoms with Crippen LogP contribution in [0.2, 0.25) is 0 Å². The lowest BCUT2D eigenvalue weighted by Crippen LogP contribution is -2.41. The molecule has 0 saturated heterocycles. The molecular weight excluding hydrogens is 306 g/mol. The molecule has 1 aromatic heterocycles. The number of thiophene rings is 1. The second-order valence-electron chi connectivity index (χ2n) is 5.06. The van der Waals surface area contributed by atoms with Crippen LogP contribution in [0.4, 0.5) is 0 Å². The Morgan fingerprint density at radius 3 is 2.52 bits per heavy atom. The van der Waals surface area contributed by atoms with Gasteiger partial charge in [-0.1, -0.05) is 20.8 Å². The molecule has 0 radical (unpaired) electrons. The topological polar surface area (TPSA) is 61.4 Å². The van der Waals surface area contributed by atoms with Crippen LogP contribution in [-0.2, 0) is 16.6 Å². The predicted molar refractivity (Wildman–Crippen MR) is 89.3 cm³/mol. The summed E-state index contributed by atoms with van der Waals surface area (Å²) < 4.78 is 27.8. The van der Waals surface area contributed by atoms with E-state index in [9.17, 15) is 8.42 Å². The van der Waals surface area contributed by atoms with Gasteiger partial charge in [-0.2, -0.15) is 0 Å². The Morgan fingerprint density at radius 1 is 1.29 bits per heavy atom. The standard InChI is InChI=1S/C14H27N3O2S2/c1-5-15-9-13-8-14(20-11-13)21(18,19)16-12(4)10-17(6-2)7-3/h8,11-12,15-16H,5-7,9-10H2,1-4H3. The van der Waals surface area contributed by atoms with E-state index in [0.29, 0.717) is 10.8 Å². The molecule has 2 N–H and O–H groups in total. The third-order valence-electron chi connectivity index (χ3n) is 3.26. The summed E-state index contributed by atoms with van der Waals surface area (Å²) in [5.74, 6) is 0. The van der Waals surface area contributed by atoms with Crippen LogP contribution in [0.25, 0.3) is 0 Å². The van der Waals surface area contributed by atoms with Crippen molar-refractivity contribution in [2.75, 3.05) is 26.2 Å². The number of hydrogen-bond acceptors (Lipinski definition) is 5. The summed E-state index contributed by atoms with van der Waals surface area (Å²) in [6.07, 6.45) is 0. The Kier molecular flexibility index (Phi) is 7.83. The molecule has 1 rings (SSSR count). The van der Waals surface area contributed by atoms with Gasteiger partial charge in [0.05, 0.1) is 0 Å². The van der Waals surface area contributed by atoms with Crippen LogP contribution < -0.4 is 10.0 Å². The Labute approximate surface area is 132 Å². The van der Waals surface area contributed by atoms with E-state index in [1.54, 1.807) is 6.07 Å². The normalized spacial score (nSPS) is 13.8. The van der Waals surface area contributed by atoms with Crippen molar-refractivity contribution in [1.82, 2.24) is 14.9 Å². The van der Waals surface area contributed by atoms with Crippen LogP contribution in [0, 0.1) is 0 Å². The van der Waals surface area contributed by atoms with Crippen molar-refractivity contribution in [2.45, 2.75) is 44.5 Å². The van der Waals surface area contributed by atoms with Crippen LogP contribution in [0.15, 0.2) is 15.7 Å². The van der Waals surface area contributed by atoms with Crippen LogP contribution in [0.5, 0.6) is 0 Å². The average molecular weight is 334 g/mol. The van der Waals surface area contributed by atoms with Crippen molar-refractivity contribution in [3.05, 3.63) is 17.0 Å². The molecule has 0 aliphatic carbocycles. The molecule has 0 bridgehead atoms. The highest BCUT2D eigenvalue weighted by molar-refractivity contribution is 7.91. The van der Waals surface area contributed by atoms with Crippen molar-refractivity contribution < 1.29 is 8.42 Å². The molecule has 0 fully saturated rings. The fourth-order valence-electron chi connectivity index (χ4n) is 2.09. The maximum Gasteiger partial charge on any atom is 0.250 e. The SMILES string of the molecule is CCNCc1csc(S(=O)(=O)NC(C)CN(CC)CC)c1. The van der Waals surface area contributed by atoms with Gasteiger partial charge in [0.25, 0.3) is 0 Å². The first-order valence-electron chi connectivity index (χ1n) is 7.45. The summed E-state index contributed by atoms with van der Waals surface area (Å²) in [6.45, 7) is 12.2. The molecule has 0 amide bonds. The number of nitrogens with one attached hydrogen (secondary N) is 2. The Bertz CT molecular complexity index is 510. The van der Waals surface area contributed by atoms with E-state index in [1.807, 2.05) is 19.2 Å². The van der Waals surface area contributed by atoms with Gasteiger partial charge < -0.3 is 10.2 Å². The number of hydrogen-bond donors (Lipinski definition) is 2. The minimum absolute atomic E-state index is 0.103. The molecule has 1 unspecified atom stereocenters. The van der Waals surface area contributed by atoms with Gasteiger partial charge in [0.2, 0.25) is 10.0 Å². The van der Waals surface area contributed by atoms with E-state index in [1.165, 1.54) is 11.3 Å². The zero-order chi connectivity index (χ0) is 15.9. The molecule has 7 heteroatoms. The summed E-state index contributed by atoms with van der Waals surface area (Å²) in [4.78, 5) is 2.21. The zero-order valence-corrected chi connectivity index (χ0v) is 15.0. The number of rotatable bonds is 10. The first kappa shape index (κ1) is 18.6. The van der Waals surface area contributed by atoms with Gasteiger partial charge in [-0.15, -0.1) is 11.3 Å². The first-order chi connectivity index (χ1) is 9.92. The summed E-state index contributed by atoms with van der Waals surface area (Å²) >= 11 is 1.28. The lowest BCUT2D eigenvalue weighted by Gasteiger charge is -2.23. The van der Waals surface area contributed by atoms with Crippen molar-refractivity contribution in [3.8, 4) is 0 Å². The van der Waals surface area contributed by atoms with E-state index in [0.717, 1.165) is 31.7 Å². The average Bonchev–Trinajstić information content (AvgIpc) is 2.91. The van der Waals surface area contributed by atoms with E-state index in [2.05, 4.69) is 28.8 Å². The molecule has 21 heavy (non-hydrogen) atoms. The second kappa shape index (κ2) is 8.85. The maximum atomic E-state index is 12.3. The van der Waals surface area contributed by atoms with Gasteiger partial charge in [-0.05, 0) is 43.6 Å². The number of nitrogens with zero attached hydrogens (tertiary/aromatic N) is 1. The molecule has 1 heterocycles. The minimum atomic E-state index is -3.41. The summed E-state index contributed by atoms with van der Waals surface area (Å²) in [5.41, 5.74) is 1.01. The summed E-state index contributed by atoms with van der Waals surface area (Å²) in [6, 6.07) is 1.65. The van der Waals surface area contributed by atoms with Gasteiger partial charge in [0.1, 0.15) is 4.21 Å². The second-order valence-corrected chi connectivity index (χ2v) is 7.91. The molecule has 1 atom stereocenters. The van der Waals surface area contributed by atoms with Crippen LogP contribution >= 0.6 is 11.3 Å². The quantitative estimate of drug-likeness (QED) is 0.686. The molecule has 1 aromatic rings. The van der Waals surface area contributed by atoms with Crippen LogP contribution in [-0.4, -0.2) is 45.5 Å². The van der Waals surface area contributed by atoms with Gasteiger partial charge >= 0.3 is 0 Å². The highest BCUT2D eigenvalue weighted by Crippen LogP contribution is 2.20. The lowest BCUT2D eigenvalue weighted by molar-refractivity contribution is 0.282. The Balaban J connectivity index is 2.65. The summed E-state index contributed by atoms with van der Waals surface area (Å²) in [7, 11) is -3.41. The fraction of sp³-hybridized carbons (Fsp3) is 0.714. The number of sulfonamides is 1. The molecular formula is C14H27N3O2S2. The molecule has 122 valence electrons. The summed E-state index contributed by atoms with van der Waals surface area (Å²) in [5, 5.41) is 5.09. The van der Waals surface area contributed by atoms with E-state index in [-0.39, 0.29) is 6.04 Å². The van der Waals surface area contributed by atoms with Crippen molar-refractivity contribution in [2.24, 2.45) is 0 Å². The smallest absolute Gasteiger partial charge is 0.250 e. The Morgan fingerprint density at radius 2 is 1.95 bits per heavy atom. The van der Waals surface area contributed by atoms with E-state index < -0.39 is 10.0 Å². The highest BCUT2D eigenvalue weighted by atomic mass is 32.2. The van der Waals surface area contributed by atoms with Crippen LogP contribution in [0.1, 0.15) is 33.3 Å². The number of likely N-dealkylation sites (N-methyl/N-ethyl adjacent to an activating group) is 1. The van der Waals surface area contributed by atoms with Gasteiger partial charge in [0.15, 0.2) is 0 Å². The third-order valence-corrected chi connectivity index (χ3v) is 6.33. The molecule has 0 saturated carbocycles. The lowest BCUT2D eigenvalue weighted by atomic mass is 10.3. The zero-order valence-electron chi connectivity index (χ0n) is 13.3. The van der Waals surface area contributed by atoms with E-state index >= 15 is 0 Å². The molecule has 0 aromatic carbocycles.